The van der Waals surface area contributed by atoms with Gasteiger partial charge in [-0.3, -0.25) is 5.32 Å². The Morgan fingerprint density at radius 2 is 2.14 bits per heavy atom. The summed E-state index contributed by atoms with van der Waals surface area (Å²) >= 11 is 0. The fourth-order valence-electron chi connectivity index (χ4n) is 1.60. The van der Waals surface area contributed by atoms with Crippen LogP contribution in [0.1, 0.15) is 18.4 Å². The average Bonchev–Trinajstić information content (AvgIpc) is 2.65. The van der Waals surface area contributed by atoms with Crippen molar-refractivity contribution >= 4 is 0 Å². The summed E-state index contributed by atoms with van der Waals surface area (Å²) in [6, 6.07) is 9.98. The molecule has 1 aliphatic heterocycles. The molecule has 0 spiro atoms. The van der Waals surface area contributed by atoms with Gasteiger partial charge in [0.25, 0.3) is 0 Å². The first-order valence-corrected chi connectivity index (χ1v) is 4.94. The van der Waals surface area contributed by atoms with E-state index in [9.17, 15) is 5.11 Å². The van der Waals surface area contributed by atoms with Crippen molar-refractivity contribution in [2.75, 3.05) is 6.61 Å². The van der Waals surface area contributed by atoms with Crippen LogP contribution in [0.15, 0.2) is 30.3 Å². The van der Waals surface area contributed by atoms with Gasteiger partial charge in [0.1, 0.15) is 0 Å². The second-order valence-electron chi connectivity index (χ2n) is 3.58. The van der Waals surface area contributed by atoms with Gasteiger partial charge in [0, 0.05) is 13.0 Å². The monoisotopic (exact) mass is 193 g/mol. The van der Waals surface area contributed by atoms with Crippen molar-refractivity contribution in [1.29, 1.82) is 0 Å². The van der Waals surface area contributed by atoms with Gasteiger partial charge in [-0.15, -0.1) is 0 Å². The average molecular weight is 193 g/mol. The van der Waals surface area contributed by atoms with Gasteiger partial charge in [0.15, 0.2) is 0 Å². The summed E-state index contributed by atoms with van der Waals surface area (Å²) in [4.78, 5) is 0. The van der Waals surface area contributed by atoms with Crippen LogP contribution in [0.3, 0.4) is 0 Å². The van der Waals surface area contributed by atoms with E-state index in [0.717, 1.165) is 12.0 Å². The lowest BCUT2D eigenvalue weighted by molar-refractivity contribution is -0.194. The van der Waals surface area contributed by atoms with Gasteiger partial charge in [0.2, 0.25) is 5.91 Å². The minimum Gasteiger partial charge on any atom is -0.353 e. The molecule has 0 aromatic heterocycles. The summed E-state index contributed by atoms with van der Waals surface area (Å²) in [6.45, 7) is 1.27. The third kappa shape index (κ3) is 2.32. The minimum absolute atomic E-state index is 0.636. The van der Waals surface area contributed by atoms with E-state index in [1.807, 2.05) is 30.3 Å². The van der Waals surface area contributed by atoms with Gasteiger partial charge >= 0.3 is 0 Å². The first kappa shape index (κ1) is 9.65. The quantitative estimate of drug-likeness (QED) is 0.709. The molecule has 3 heteroatoms. The predicted octanol–water partition coefficient (Wildman–Crippen LogP) is 1.23. The summed E-state index contributed by atoms with van der Waals surface area (Å²) in [5.41, 5.74) is 1.15. The maximum Gasteiger partial charge on any atom is 0.225 e. The number of hydrogen-bond donors (Lipinski definition) is 2. The van der Waals surface area contributed by atoms with Gasteiger partial charge in [-0.25, -0.2) is 0 Å². The number of nitrogens with one attached hydrogen (secondary N) is 1. The Morgan fingerprint density at radius 1 is 1.36 bits per heavy atom. The number of ether oxygens (including phenoxy) is 1. The Kier molecular flexibility index (Phi) is 2.82. The molecule has 1 aromatic carbocycles. The standard InChI is InChI=1S/C11H15NO2/c13-11(7-4-8-14-11)12-9-10-5-2-1-3-6-10/h1-3,5-6,12-13H,4,7-9H2. The maximum atomic E-state index is 9.82. The van der Waals surface area contributed by atoms with Crippen molar-refractivity contribution in [3.63, 3.8) is 0 Å². The number of benzene rings is 1. The lowest BCUT2D eigenvalue weighted by Gasteiger charge is -2.22. The topological polar surface area (TPSA) is 41.5 Å². The second kappa shape index (κ2) is 4.09. The number of aliphatic hydroxyl groups is 1. The molecule has 1 heterocycles. The van der Waals surface area contributed by atoms with E-state index in [4.69, 9.17) is 4.74 Å². The van der Waals surface area contributed by atoms with Gasteiger partial charge in [-0.05, 0) is 12.0 Å². The molecule has 0 amide bonds. The maximum absolute atomic E-state index is 9.82. The highest BCUT2D eigenvalue weighted by Crippen LogP contribution is 2.19. The summed E-state index contributed by atoms with van der Waals surface area (Å²) in [5.74, 6) is -1.10. The molecule has 0 radical (unpaired) electrons. The molecule has 1 atom stereocenters. The van der Waals surface area contributed by atoms with Crippen LogP contribution in [0.5, 0.6) is 0 Å². The molecule has 2 rings (SSSR count). The molecule has 0 bridgehead atoms. The van der Waals surface area contributed by atoms with Crippen molar-refractivity contribution in [3.05, 3.63) is 35.9 Å². The lowest BCUT2D eigenvalue weighted by Crippen LogP contribution is -2.43. The highest BCUT2D eigenvalue weighted by Gasteiger charge is 2.31. The highest BCUT2D eigenvalue weighted by molar-refractivity contribution is 5.14. The van der Waals surface area contributed by atoms with E-state index in [0.29, 0.717) is 19.6 Å². The van der Waals surface area contributed by atoms with E-state index >= 15 is 0 Å². The Balaban J connectivity index is 1.88. The summed E-state index contributed by atoms with van der Waals surface area (Å²) in [7, 11) is 0. The zero-order valence-corrected chi connectivity index (χ0v) is 8.07. The molecular weight excluding hydrogens is 178 g/mol. The van der Waals surface area contributed by atoms with Gasteiger partial charge in [0.05, 0.1) is 6.61 Å². The van der Waals surface area contributed by atoms with Crippen LogP contribution in [0.4, 0.5) is 0 Å². The molecule has 1 aliphatic rings. The van der Waals surface area contributed by atoms with Crippen LogP contribution < -0.4 is 5.32 Å². The Morgan fingerprint density at radius 3 is 2.79 bits per heavy atom. The van der Waals surface area contributed by atoms with E-state index in [1.165, 1.54) is 0 Å². The van der Waals surface area contributed by atoms with E-state index in [1.54, 1.807) is 0 Å². The normalized spacial score (nSPS) is 26.6. The molecule has 14 heavy (non-hydrogen) atoms. The van der Waals surface area contributed by atoms with Crippen molar-refractivity contribution in [1.82, 2.24) is 5.32 Å². The molecule has 1 fully saturated rings. The van der Waals surface area contributed by atoms with Gasteiger partial charge < -0.3 is 9.84 Å². The zero-order chi connectivity index (χ0) is 9.86. The molecule has 3 nitrogen and oxygen atoms in total. The minimum atomic E-state index is -1.10. The van der Waals surface area contributed by atoms with Crippen LogP contribution in [0, 0.1) is 0 Å². The Bertz CT molecular complexity index is 281. The molecule has 1 unspecified atom stereocenters. The summed E-state index contributed by atoms with van der Waals surface area (Å²) in [6.07, 6.45) is 1.58. The van der Waals surface area contributed by atoms with Crippen LogP contribution in [0.25, 0.3) is 0 Å². The third-order valence-corrected chi connectivity index (χ3v) is 2.41. The third-order valence-electron chi connectivity index (χ3n) is 2.41. The Labute approximate surface area is 83.7 Å². The van der Waals surface area contributed by atoms with Crippen molar-refractivity contribution in [2.24, 2.45) is 0 Å². The highest BCUT2D eigenvalue weighted by atomic mass is 16.6. The smallest absolute Gasteiger partial charge is 0.225 e. The molecule has 76 valence electrons. The van der Waals surface area contributed by atoms with Gasteiger partial charge in [-0.2, -0.15) is 0 Å². The Hall–Kier alpha value is -0.900. The van der Waals surface area contributed by atoms with E-state index in [2.05, 4.69) is 5.32 Å². The van der Waals surface area contributed by atoms with E-state index < -0.39 is 5.91 Å². The SMILES string of the molecule is OC1(NCc2ccccc2)CCCO1. The molecule has 0 saturated carbocycles. The predicted molar refractivity (Wildman–Crippen MR) is 53.4 cm³/mol. The van der Waals surface area contributed by atoms with Crippen LogP contribution in [-0.4, -0.2) is 17.6 Å². The van der Waals surface area contributed by atoms with E-state index in [-0.39, 0.29) is 0 Å². The van der Waals surface area contributed by atoms with Crippen molar-refractivity contribution in [3.8, 4) is 0 Å². The van der Waals surface area contributed by atoms with Crippen LogP contribution >= 0.6 is 0 Å². The first-order valence-electron chi connectivity index (χ1n) is 4.94. The number of hydrogen-bond acceptors (Lipinski definition) is 3. The van der Waals surface area contributed by atoms with Gasteiger partial charge in [-0.1, -0.05) is 30.3 Å². The zero-order valence-electron chi connectivity index (χ0n) is 8.07. The second-order valence-corrected chi connectivity index (χ2v) is 3.58. The molecule has 0 aliphatic carbocycles. The summed E-state index contributed by atoms with van der Waals surface area (Å²) in [5, 5.41) is 12.8. The molecule has 1 aromatic rings. The fourth-order valence-corrected chi connectivity index (χ4v) is 1.60. The van der Waals surface area contributed by atoms with Crippen LogP contribution in [0.2, 0.25) is 0 Å². The number of rotatable bonds is 3. The molecule has 2 N–H and O–H groups in total. The van der Waals surface area contributed by atoms with Crippen molar-refractivity contribution < 1.29 is 9.84 Å². The van der Waals surface area contributed by atoms with Crippen LogP contribution in [-0.2, 0) is 11.3 Å². The molecule has 1 saturated heterocycles. The summed E-state index contributed by atoms with van der Waals surface area (Å²) < 4.78 is 5.21. The first-order chi connectivity index (χ1) is 6.79. The molecular formula is C11H15NO2. The lowest BCUT2D eigenvalue weighted by atomic mass is 10.2. The van der Waals surface area contributed by atoms with Crippen molar-refractivity contribution in [2.45, 2.75) is 25.3 Å². The largest absolute Gasteiger partial charge is 0.353 e. The fraction of sp³-hybridized carbons (Fsp3) is 0.455.